The molecule has 0 unspecified atom stereocenters. The van der Waals surface area contributed by atoms with Crippen LogP contribution in [0.5, 0.6) is 5.75 Å². The quantitative estimate of drug-likeness (QED) is 0.394. The summed E-state index contributed by atoms with van der Waals surface area (Å²) in [6.07, 6.45) is 1.67. The highest BCUT2D eigenvalue weighted by atomic mass is 19.3. The van der Waals surface area contributed by atoms with Gasteiger partial charge in [-0.05, 0) is 53.6 Å². The number of ether oxygens (including phenoxy) is 1. The second kappa shape index (κ2) is 10.2. The van der Waals surface area contributed by atoms with Gasteiger partial charge >= 0.3 is 6.61 Å². The van der Waals surface area contributed by atoms with E-state index in [0.29, 0.717) is 28.1 Å². The number of rotatable bonds is 7. The van der Waals surface area contributed by atoms with Crippen LogP contribution in [0.4, 0.5) is 20.2 Å². The van der Waals surface area contributed by atoms with Gasteiger partial charge in [-0.1, -0.05) is 42.5 Å². The molecule has 0 aliphatic rings. The molecule has 0 saturated heterocycles. The number of carbonyl (C=O) groups is 2. The zero-order valence-corrected chi connectivity index (χ0v) is 16.6. The zero-order valence-electron chi connectivity index (χ0n) is 16.6. The van der Waals surface area contributed by atoms with Crippen molar-refractivity contribution < 1.29 is 23.1 Å². The number of amides is 2. The molecule has 5 nitrogen and oxygen atoms in total. The van der Waals surface area contributed by atoms with E-state index in [-0.39, 0.29) is 17.6 Å². The molecule has 3 aromatic carbocycles. The topological polar surface area (TPSA) is 67.4 Å². The largest absolute Gasteiger partial charge is 0.435 e. The first-order valence-electron chi connectivity index (χ1n) is 9.42. The van der Waals surface area contributed by atoms with Crippen LogP contribution in [0.3, 0.4) is 0 Å². The average molecular weight is 422 g/mol. The van der Waals surface area contributed by atoms with E-state index in [1.54, 1.807) is 54.6 Å². The fourth-order valence-electron chi connectivity index (χ4n) is 2.85. The highest BCUT2D eigenvalue weighted by molar-refractivity contribution is 6.29. The van der Waals surface area contributed by atoms with Crippen LogP contribution >= 0.6 is 0 Å². The van der Waals surface area contributed by atoms with Gasteiger partial charge in [-0.3, -0.25) is 9.59 Å². The molecule has 31 heavy (non-hydrogen) atoms. The Hall–Kier alpha value is -4.00. The van der Waals surface area contributed by atoms with Gasteiger partial charge < -0.3 is 15.4 Å². The van der Waals surface area contributed by atoms with Crippen LogP contribution in [0.25, 0.3) is 11.6 Å². The van der Waals surface area contributed by atoms with Crippen molar-refractivity contribution in [3.05, 3.63) is 90.0 Å². The predicted octanol–water partition coefficient (Wildman–Crippen LogP) is 5.43. The number of alkyl halides is 2. The van der Waals surface area contributed by atoms with Crippen molar-refractivity contribution in [2.24, 2.45) is 0 Å². The molecule has 0 radical (unpaired) electrons. The number of hydrogen-bond donors (Lipinski definition) is 2. The molecule has 0 fully saturated rings. The summed E-state index contributed by atoms with van der Waals surface area (Å²) in [6, 6.07) is 21.8. The number of hydrogen-bond acceptors (Lipinski definition) is 3. The Morgan fingerprint density at radius 2 is 1.42 bits per heavy atom. The lowest BCUT2D eigenvalue weighted by Crippen LogP contribution is -2.14. The summed E-state index contributed by atoms with van der Waals surface area (Å²) >= 11 is 0. The molecule has 3 rings (SSSR count). The number of benzene rings is 3. The number of anilines is 2. The first kappa shape index (κ1) is 21.7. The molecule has 0 heterocycles. The molecular formula is C24H20F2N2O3. The van der Waals surface area contributed by atoms with Crippen molar-refractivity contribution in [2.45, 2.75) is 13.5 Å². The molecule has 2 N–H and O–H groups in total. The average Bonchev–Trinajstić information content (AvgIpc) is 2.74. The Morgan fingerprint density at radius 3 is 1.97 bits per heavy atom. The smallest absolute Gasteiger partial charge is 0.387 e. The molecule has 0 aromatic heterocycles. The molecule has 0 spiro atoms. The van der Waals surface area contributed by atoms with Gasteiger partial charge in [0.05, 0.1) is 0 Å². The van der Waals surface area contributed by atoms with Crippen LogP contribution in [-0.2, 0) is 9.59 Å². The Morgan fingerprint density at radius 1 is 0.839 bits per heavy atom. The van der Waals surface area contributed by atoms with Crippen molar-refractivity contribution in [1.82, 2.24) is 0 Å². The molecule has 0 bridgehead atoms. The number of halogens is 2. The molecule has 0 aliphatic carbocycles. The minimum atomic E-state index is -2.90. The van der Waals surface area contributed by atoms with Crippen LogP contribution in [0, 0.1) is 0 Å². The lowest BCUT2D eigenvalue weighted by molar-refractivity contribution is -0.114. The van der Waals surface area contributed by atoms with Gasteiger partial charge in [0.2, 0.25) is 5.91 Å². The van der Waals surface area contributed by atoms with Crippen LogP contribution in [0.2, 0.25) is 0 Å². The van der Waals surface area contributed by atoms with E-state index in [2.05, 4.69) is 15.4 Å². The summed E-state index contributed by atoms with van der Waals surface area (Å²) in [5.41, 5.74) is 2.92. The Bertz CT molecular complexity index is 1060. The molecule has 2 amide bonds. The van der Waals surface area contributed by atoms with E-state index < -0.39 is 6.61 Å². The fraction of sp³-hybridized carbons (Fsp3) is 0.0833. The molecule has 0 saturated carbocycles. The SMILES string of the molecule is CC(=O)Nc1ccc(NC(=O)/C(=C/c2ccc(OC(F)F)cc2)c2ccccc2)cc1. The van der Waals surface area contributed by atoms with E-state index >= 15 is 0 Å². The summed E-state index contributed by atoms with van der Waals surface area (Å²) in [6.45, 7) is -1.48. The molecular weight excluding hydrogens is 402 g/mol. The number of nitrogens with one attached hydrogen (secondary N) is 2. The van der Waals surface area contributed by atoms with Crippen LogP contribution in [-0.4, -0.2) is 18.4 Å². The van der Waals surface area contributed by atoms with Crippen molar-refractivity contribution >= 4 is 34.8 Å². The minimum Gasteiger partial charge on any atom is -0.435 e. The highest BCUT2D eigenvalue weighted by Gasteiger charge is 2.13. The summed E-state index contributed by atoms with van der Waals surface area (Å²) in [4.78, 5) is 24.2. The van der Waals surface area contributed by atoms with E-state index in [9.17, 15) is 18.4 Å². The maximum atomic E-state index is 13.0. The Kier molecular flexibility index (Phi) is 7.11. The minimum absolute atomic E-state index is 0.0390. The first-order valence-corrected chi connectivity index (χ1v) is 9.42. The predicted molar refractivity (Wildman–Crippen MR) is 117 cm³/mol. The van der Waals surface area contributed by atoms with Gasteiger partial charge in [0.1, 0.15) is 5.75 Å². The molecule has 0 atom stereocenters. The van der Waals surface area contributed by atoms with E-state index in [1.165, 1.54) is 19.1 Å². The molecule has 158 valence electrons. The van der Waals surface area contributed by atoms with Gasteiger partial charge in [0, 0.05) is 23.9 Å². The van der Waals surface area contributed by atoms with Gasteiger partial charge in [-0.15, -0.1) is 0 Å². The third kappa shape index (κ3) is 6.50. The molecule has 3 aromatic rings. The second-order valence-corrected chi connectivity index (χ2v) is 6.58. The van der Waals surface area contributed by atoms with Crippen molar-refractivity contribution in [3.8, 4) is 5.75 Å². The number of carbonyl (C=O) groups excluding carboxylic acids is 2. The lowest BCUT2D eigenvalue weighted by atomic mass is 10.0. The Balaban J connectivity index is 1.84. The molecule has 0 aliphatic heterocycles. The second-order valence-electron chi connectivity index (χ2n) is 6.58. The van der Waals surface area contributed by atoms with Crippen LogP contribution < -0.4 is 15.4 Å². The van der Waals surface area contributed by atoms with Crippen molar-refractivity contribution in [1.29, 1.82) is 0 Å². The zero-order chi connectivity index (χ0) is 22.2. The van der Waals surface area contributed by atoms with Gasteiger partial charge in [0.15, 0.2) is 0 Å². The summed E-state index contributed by atoms with van der Waals surface area (Å²) < 4.78 is 29.0. The maximum Gasteiger partial charge on any atom is 0.387 e. The lowest BCUT2D eigenvalue weighted by Gasteiger charge is -2.11. The Labute approximate surface area is 178 Å². The third-order valence-electron chi connectivity index (χ3n) is 4.21. The third-order valence-corrected chi connectivity index (χ3v) is 4.21. The molecule has 7 heteroatoms. The first-order chi connectivity index (χ1) is 14.9. The van der Waals surface area contributed by atoms with E-state index in [1.807, 2.05) is 18.2 Å². The van der Waals surface area contributed by atoms with Crippen LogP contribution in [0.15, 0.2) is 78.9 Å². The van der Waals surface area contributed by atoms with Crippen molar-refractivity contribution in [3.63, 3.8) is 0 Å². The fourth-order valence-corrected chi connectivity index (χ4v) is 2.85. The van der Waals surface area contributed by atoms with E-state index in [0.717, 1.165) is 0 Å². The van der Waals surface area contributed by atoms with E-state index in [4.69, 9.17) is 0 Å². The summed E-state index contributed by atoms with van der Waals surface area (Å²) in [5, 5.41) is 5.50. The van der Waals surface area contributed by atoms with Crippen LogP contribution in [0.1, 0.15) is 18.1 Å². The van der Waals surface area contributed by atoms with Gasteiger partial charge in [-0.2, -0.15) is 8.78 Å². The maximum absolute atomic E-state index is 13.0. The monoisotopic (exact) mass is 422 g/mol. The highest BCUT2D eigenvalue weighted by Crippen LogP contribution is 2.23. The van der Waals surface area contributed by atoms with Crippen molar-refractivity contribution in [2.75, 3.05) is 10.6 Å². The standard InChI is InChI=1S/C24H20F2N2O3/c1-16(29)27-19-9-11-20(12-10-19)28-23(30)22(18-5-3-2-4-6-18)15-17-7-13-21(14-8-17)31-24(25)26/h2-15,24H,1H3,(H,27,29)(H,28,30)/b22-15+. The normalized spacial score (nSPS) is 11.2. The summed E-state index contributed by atoms with van der Waals surface area (Å²) in [7, 11) is 0. The van der Waals surface area contributed by atoms with Gasteiger partial charge in [-0.25, -0.2) is 0 Å². The van der Waals surface area contributed by atoms with Gasteiger partial charge in [0.25, 0.3) is 5.91 Å². The summed E-state index contributed by atoms with van der Waals surface area (Å²) in [5.74, 6) is -0.487.